The van der Waals surface area contributed by atoms with Crippen molar-refractivity contribution in [3.05, 3.63) is 0 Å². The summed E-state index contributed by atoms with van der Waals surface area (Å²) in [4.78, 5) is 13.2. The maximum absolute atomic E-state index is 10.5. The van der Waals surface area contributed by atoms with Crippen molar-refractivity contribution < 1.29 is 14.3 Å². The van der Waals surface area contributed by atoms with Crippen molar-refractivity contribution in [1.29, 1.82) is 5.53 Å². The van der Waals surface area contributed by atoms with Crippen LogP contribution in [0.15, 0.2) is 0 Å². The molecule has 0 radical (unpaired) electrons. The summed E-state index contributed by atoms with van der Waals surface area (Å²) in [5.74, 6) is -0.230. The molecule has 10 heavy (non-hydrogen) atoms. The van der Waals surface area contributed by atoms with Gasteiger partial charge in [-0.15, -0.1) is 0 Å². The molecule has 0 aliphatic rings. The van der Waals surface area contributed by atoms with Crippen molar-refractivity contribution in [2.75, 3.05) is 6.61 Å². The summed E-state index contributed by atoms with van der Waals surface area (Å²) in [7, 11) is 0. The van der Waals surface area contributed by atoms with E-state index in [1.807, 2.05) is 13.8 Å². The molecule has 4 nitrogen and oxygen atoms in total. The molecular weight excluding hydrogens is 132 g/mol. The molecule has 0 amide bonds. The van der Waals surface area contributed by atoms with Gasteiger partial charge in [0.25, 0.3) is 0 Å². The van der Waals surface area contributed by atoms with Crippen LogP contribution >= 0.6 is 0 Å². The maximum atomic E-state index is 10.5. The third kappa shape index (κ3) is 5.00. The molecule has 0 aromatic heterocycles. The molecule has 0 rings (SSSR count). The minimum atomic E-state index is -0.552. The Hall–Kier alpha value is -1.15. The van der Waals surface area contributed by atoms with Gasteiger partial charge in [-0.25, -0.2) is 4.79 Å². The van der Waals surface area contributed by atoms with Crippen LogP contribution in [-0.4, -0.2) is 23.6 Å². The van der Waals surface area contributed by atoms with Crippen molar-refractivity contribution in [1.82, 2.24) is 0 Å². The fourth-order valence-electron chi connectivity index (χ4n) is 0.339. The Morgan fingerprint density at radius 3 is 2.80 bits per heavy atom. The number of rotatable bonds is 3. The molecule has 0 aromatic carbocycles. The largest absolute Gasteiger partial charge is 0.457 e. The van der Waals surface area contributed by atoms with E-state index in [2.05, 4.69) is 9.53 Å². The average molecular weight is 143 g/mol. The van der Waals surface area contributed by atoms with E-state index >= 15 is 0 Å². The highest BCUT2D eigenvalue weighted by atomic mass is 16.5. The van der Waals surface area contributed by atoms with Crippen LogP contribution in [0, 0.1) is 11.4 Å². The second-order valence-corrected chi connectivity index (χ2v) is 2.28. The van der Waals surface area contributed by atoms with Crippen LogP contribution < -0.4 is 0 Å². The van der Waals surface area contributed by atoms with Gasteiger partial charge in [-0.3, -0.25) is 0 Å². The highest BCUT2D eigenvalue weighted by molar-refractivity contribution is 6.20. The van der Waals surface area contributed by atoms with Crippen molar-refractivity contribution in [2.24, 2.45) is 5.92 Å². The summed E-state index contributed by atoms with van der Waals surface area (Å²) < 4.78 is 4.64. The zero-order chi connectivity index (χ0) is 7.98. The minimum absolute atomic E-state index is 0.322. The zero-order valence-corrected chi connectivity index (χ0v) is 6.13. The van der Waals surface area contributed by atoms with Crippen LogP contribution in [0.2, 0.25) is 0 Å². The van der Waals surface area contributed by atoms with Crippen molar-refractivity contribution in [3.63, 3.8) is 0 Å². The molecule has 0 saturated carbocycles. The van der Waals surface area contributed by atoms with Crippen LogP contribution in [0.3, 0.4) is 0 Å². The molecule has 1 N–H and O–H groups in total. The SMILES string of the molecule is CC(C)COC(=O)C=[N+]=N. The Morgan fingerprint density at radius 1 is 1.80 bits per heavy atom. The summed E-state index contributed by atoms with van der Waals surface area (Å²) >= 11 is 0. The number of esters is 1. The molecule has 0 bridgehead atoms. The van der Waals surface area contributed by atoms with Gasteiger partial charge >= 0.3 is 12.2 Å². The molecule has 0 aliphatic heterocycles. The van der Waals surface area contributed by atoms with Gasteiger partial charge in [-0.05, 0) is 5.92 Å². The van der Waals surface area contributed by atoms with Gasteiger partial charge in [0.05, 0.1) is 16.9 Å². The molecule has 0 spiro atoms. The van der Waals surface area contributed by atoms with E-state index in [-0.39, 0.29) is 0 Å². The number of ether oxygens (including phenoxy) is 1. The predicted octanol–water partition coefficient (Wildman–Crippen LogP) is 0.496. The minimum Gasteiger partial charge on any atom is -0.457 e. The Kier molecular flexibility index (Phi) is 4.16. The van der Waals surface area contributed by atoms with E-state index < -0.39 is 5.97 Å². The number of nitrogens with one attached hydrogen (secondary N) is 1. The number of nitrogens with zero attached hydrogens (tertiary/aromatic N) is 1. The topological polar surface area (TPSA) is 64.2 Å². The summed E-state index contributed by atoms with van der Waals surface area (Å²) in [5.41, 5.74) is 6.29. The van der Waals surface area contributed by atoms with Gasteiger partial charge < -0.3 is 4.74 Å². The molecular formula is C6H11N2O2+. The first-order valence-corrected chi connectivity index (χ1v) is 3.03. The molecule has 0 aromatic rings. The second-order valence-electron chi connectivity index (χ2n) is 2.28. The highest BCUT2D eigenvalue weighted by Crippen LogP contribution is 1.90. The predicted molar refractivity (Wildman–Crippen MR) is 34.8 cm³/mol. The first-order chi connectivity index (χ1) is 4.66. The van der Waals surface area contributed by atoms with Gasteiger partial charge in [-0.1, -0.05) is 13.8 Å². The van der Waals surface area contributed by atoms with Gasteiger partial charge in [0.2, 0.25) is 0 Å². The van der Waals surface area contributed by atoms with Crippen LogP contribution in [-0.2, 0) is 9.53 Å². The van der Waals surface area contributed by atoms with Crippen LogP contribution in [0.1, 0.15) is 13.8 Å². The molecule has 0 unspecified atom stereocenters. The third-order valence-corrected chi connectivity index (χ3v) is 0.729. The van der Waals surface area contributed by atoms with Crippen molar-refractivity contribution >= 4 is 12.2 Å². The average Bonchev–Trinajstić information content (AvgIpc) is 1.85. The quantitative estimate of drug-likeness (QED) is 0.270. The third-order valence-electron chi connectivity index (χ3n) is 0.729. The normalized spacial score (nSPS) is 8.70. The van der Waals surface area contributed by atoms with Crippen molar-refractivity contribution in [3.8, 4) is 0 Å². The molecule has 0 atom stereocenters. The summed E-state index contributed by atoms with van der Waals surface area (Å²) in [6.07, 6.45) is 0.836. The molecule has 0 saturated heterocycles. The Morgan fingerprint density at radius 2 is 2.40 bits per heavy atom. The highest BCUT2D eigenvalue weighted by Gasteiger charge is 2.04. The fraction of sp³-hybridized carbons (Fsp3) is 0.667. The Labute approximate surface area is 59.4 Å². The van der Waals surface area contributed by atoms with Gasteiger partial charge in [-0.2, -0.15) is 0 Å². The van der Waals surface area contributed by atoms with Gasteiger partial charge in [0, 0.05) is 0 Å². The molecule has 0 fully saturated rings. The zero-order valence-electron chi connectivity index (χ0n) is 6.13. The van der Waals surface area contributed by atoms with E-state index in [9.17, 15) is 4.79 Å². The van der Waals surface area contributed by atoms with Gasteiger partial charge in [0.15, 0.2) is 0 Å². The Balaban J connectivity index is 3.50. The summed E-state index contributed by atoms with van der Waals surface area (Å²) in [6, 6.07) is 0. The Bertz CT molecular complexity index is 159. The summed E-state index contributed by atoms with van der Waals surface area (Å²) in [5, 5.41) is 0. The lowest BCUT2D eigenvalue weighted by atomic mass is 10.2. The van der Waals surface area contributed by atoms with E-state index in [1.54, 1.807) is 0 Å². The first kappa shape index (κ1) is 8.85. The van der Waals surface area contributed by atoms with E-state index in [0.29, 0.717) is 12.5 Å². The monoisotopic (exact) mass is 143 g/mol. The molecule has 0 heterocycles. The van der Waals surface area contributed by atoms with E-state index in [1.165, 1.54) is 0 Å². The van der Waals surface area contributed by atoms with Crippen molar-refractivity contribution in [2.45, 2.75) is 13.8 Å². The molecule has 0 aliphatic carbocycles. The maximum Gasteiger partial charge on any atom is 0.418 e. The lowest BCUT2D eigenvalue weighted by Gasteiger charge is -2.00. The summed E-state index contributed by atoms with van der Waals surface area (Å²) in [6.45, 7) is 4.25. The fourth-order valence-corrected chi connectivity index (χ4v) is 0.339. The molecule has 4 heteroatoms. The smallest absolute Gasteiger partial charge is 0.418 e. The van der Waals surface area contributed by atoms with Gasteiger partial charge in [0.1, 0.15) is 0 Å². The molecule has 56 valence electrons. The first-order valence-electron chi connectivity index (χ1n) is 3.03. The number of carbonyl (C=O) groups is 1. The second kappa shape index (κ2) is 4.70. The number of hydrogen-bond acceptors (Lipinski definition) is 3. The lowest BCUT2D eigenvalue weighted by Crippen LogP contribution is -2.10. The lowest BCUT2D eigenvalue weighted by molar-refractivity contribution is -0.149. The number of carbonyl (C=O) groups excluding carboxylic acids is 1. The van der Waals surface area contributed by atoms with Crippen LogP contribution in [0.5, 0.6) is 0 Å². The standard InChI is InChI=1S/C6H11N2O2/c1-5(2)4-10-6(9)3-8-7/h3,5,7H,4H2,1-2H3/q+1. The van der Waals surface area contributed by atoms with Crippen LogP contribution in [0.25, 0.3) is 0 Å². The van der Waals surface area contributed by atoms with E-state index in [4.69, 9.17) is 5.53 Å². The number of hydrogen-bond donors (Lipinski definition) is 1. The van der Waals surface area contributed by atoms with E-state index in [0.717, 1.165) is 6.21 Å². The van der Waals surface area contributed by atoms with Crippen LogP contribution in [0.4, 0.5) is 0 Å².